The van der Waals surface area contributed by atoms with Crippen LogP contribution >= 0.6 is 0 Å². The van der Waals surface area contributed by atoms with Crippen molar-refractivity contribution < 1.29 is 178 Å². The molecule has 0 saturated carbocycles. The molecule has 0 amide bonds. The number of nitrogens with zero attached hydrogens (tertiary/aromatic N) is 1. The van der Waals surface area contributed by atoms with Crippen molar-refractivity contribution in [3.63, 3.8) is 0 Å². The van der Waals surface area contributed by atoms with Crippen molar-refractivity contribution in [1.82, 2.24) is 0 Å². The van der Waals surface area contributed by atoms with E-state index in [-0.39, 0.29) is 126 Å². The summed E-state index contributed by atoms with van der Waals surface area (Å²) in [5, 5.41) is 0. The summed E-state index contributed by atoms with van der Waals surface area (Å²) in [6, 6.07) is 0. The van der Waals surface area contributed by atoms with Gasteiger partial charge in [-0.15, -0.1) is 0 Å². The summed E-state index contributed by atoms with van der Waals surface area (Å²) < 4.78 is 2.03. The fourth-order valence-corrected chi connectivity index (χ4v) is 1.09. The Labute approximate surface area is 227 Å². The van der Waals surface area contributed by atoms with Gasteiger partial charge < -0.3 is 0 Å². The molecule has 0 spiro atoms. The molecule has 0 fully saturated rings. The monoisotopic (exact) mass is 1780 g/mol. The van der Waals surface area contributed by atoms with E-state index in [2.05, 4.69) is 24.8 Å². The third-order valence-electron chi connectivity index (χ3n) is 0.866. The maximum absolute atomic E-state index is 6.63. The molecular formula is C8H10NW9-. The van der Waals surface area contributed by atoms with E-state index in [1.54, 1.807) is 32.4 Å². The molecule has 0 aromatic heterocycles. The van der Waals surface area contributed by atoms with Crippen molar-refractivity contribution in [2.24, 2.45) is 5.92 Å². The van der Waals surface area contributed by atoms with Crippen molar-refractivity contribution >= 4 is 4.40 Å². The first-order valence-electron chi connectivity index (χ1n) is 3.28. The van der Waals surface area contributed by atoms with Crippen LogP contribution in [0.5, 0.6) is 0 Å². The molecule has 102 valence electrons. The van der Waals surface area contributed by atoms with Crippen LogP contribution in [0.15, 0.2) is 5.57 Å². The molecule has 0 atom stereocenters. The molecule has 0 radical (unpaired) electrons. The van der Waals surface area contributed by atoms with Crippen molar-refractivity contribution in [2.75, 3.05) is 6.54 Å². The summed E-state index contributed by atoms with van der Waals surface area (Å²) in [5.41, 5.74) is 1.06. The van der Waals surface area contributed by atoms with Crippen LogP contribution in [0, 0.1) is 18.6 Å². The van der Waals surface area contributed by atoms with Crippen LogP contribution in [0.25, 0.3) is 4.85 Å². The van der Waals surface area contributed by atoms with E-state index in [9.17, 15) is 0 Å². The van der Waals surface area contributed by atoms with E-state index < -0.39 is 0 Å². The molecule has 10 heteroatoms. The summed E-state index contributed by atoms with van der Waals surface area (Å²) in [6.07, 6.45) is 3.20. The zero-order valence-electron chi connectivity index (χ0n) is 9.48. The molecule has 1 nitrogen and oxygen atoms in total. The van der Waals surface area contributed by atoms with Crippen molar-refractivity contribution in [3.05, 3.63) is 23.1 Å². The van der Waals surface area contributed by atoms with Crippen LogP contribution in [-0.4, -0.2) is 10.9 Å². The zero-order valence-corrected chi connectivity index (χ0v) is 35.9. The van der Waals surface area contributed by atoms with Crippen molar-refractivity contribution in [2.45, 2.75) is 13.8 Å². The number of rotatable bonds is 3. The predicted molar refractivity (Wildman–Crippen MR) is 39.1 cm³/mol. The van der Waals surface area contributed by atoms with E-state index in [0.717, 1.165) is 5.57 Å². The van der Waals surface area contributed by atoms with Gasteiger partial charge in [0.1, 0.15) is 0 Å². The minimum atomic E-state index is 0. The standard InChI is InChI=1S/C8H10N.9W/c1-7(2)5-8(3)6-9-4;;;;;;;;;/h3,7H,6H2,1-2H3;;;;;;;;;/q-1;;;;;;;;;. The normalized spacial score (nSPS) is 6.44. The molecule has 0 aliphatic heterocycles. The molecule has 0 N–H and O–H groups in total. The molecule has 0 rings (SSSR count). The topological polar surface area (TPSA) is 4.36 Å². The Morgan fingerprint density at radius 1 is 1.11 bits per heavy atom. The summed E-state index contributed by atoms with van der Waals surface area (Å²) in [5.74, 6) is 0.437. The summed E-state index contributed by atoms with van der Waals surface area (Å²) >= 11 is 4.72. The van der Waals surface area contributed by atoms with E-state index in [0.29, 0.717) is 12.5 Å². The molecule has 0 aromatic rings. The fourth-order valence-electron chi connectivity index (χ4n) is 0.573. The summed E-state index contributed by atoms with van der Waals surface area (Å²) in [4.78, 5) is 3.29. The van der Waals surface area contributed by atoms with Gasteiger partial charge in [-0.3, -0.25) is 0 Å². The Morgan fingerprint density at radius 3 is 1.61 bits per heavy atom. The van der Waals surface area contributed by atoms with Gasteiger partial charge in [-0.25, -0.2) is 0 Å². The number of hydrogen-bond donors (Lipinski definition) is 0. The van der Waals surface area contributed by atoms with Crippen LogP contribution in [0.4, 0.5) is 0 Å². The average molecular weight is 1770 g/mol. The van der Waals surface area contributed by atoms with Crippen molar-refractivity contribution in [3.8, 4) is 0 Å². The first-order valence-corrected chi connectivity index (χ1v) is 16.0. The van der Waals surface area contributed by atoms with Crippen LogP contribution < -0.4 is 0 Å². The maximum atomic E-state index is 6.63. The quantitative estimate of drug-likeness (QED) is 0.380. The first-order chi connectivity index (χ1) is 5.70. The molecule has 0 bridgehead atoms. The molecule has 0 saturated heterocycles. The Balaban J connectivity index is -0.0000000198. The Morgan fingerprint density at radius 2 is 1.44 bits per heavy atom. The van der Waals surface area contributed by atoms with Gasteiger partial charge in [0.05, 0.1) is 0 Å². The van der Waals surface area contributed by atoms with Crippen LogP contribution in [0.2, 0.25) is 0 Å². The number of hydrogen-bond acceptors (Lipinski definition) is 0. The Kier molecular flexibility index (Phi) is 119. The van der Waals surface area contributed by atoms with Gasteiger partial charge in [-0.05, 0) is 0 Å². The van der Waals surface area contributed by atoms with Gasteiger partial charge >= 0.3 is 106 Å². The third kappa shape index (κ3) is 42.9. The average Bonchev–Trinajstić information content (AvgIpc) is 2.07. The fraction of sp³-hybridized carbons (Fsp3) is 0.500. The van der Waals surface area contributed by atoms with E-state index in [1.165, 1.54) is 19.4 Å². The van der Waals surface area contributed by atoms with Gasteiger partial charge in [0.2, 0.25) is 0 Å². The van der Waals surface area contributed by atoms with E-state index in [4.69, 9.17) is 6.57 Å². The van der Waals surface area contributed by atoms with Gasteiger partial charge in [0, 0.05) is 126 Å². The van der Waals surface area contributed by atoms with E-state index in [1.807, 2.05) is 4.40 Å². The molecule has 0 unspecified atom stereocenters. The Hall–Kier alpha value is 5.29. The van der Waals surface area contributed by atoms with Gasteiger partial charge in [-0.1, -0.05) is 0 Å². The second kappa shape index (κ2) is 43.2. The second-order valence-electron chi connectivity index (χ2n) is 2.26. The van der Waals surface area contributed by atoms with Crippen molar-refractivity contribution in [1.29, 1.82) is 0 Å². The SMILES string of the molecule is [C-]#[N+]CC(=[C-]C(C)C)[CH]=[W].[W].[W].[W].[W].[W].[W].[W]=[W]. The second-order valence-corrected chi connectivity index (χ2v) is 3.11. The van der Waals surface area contributed by atoms with Gasteiger partial charge in [0.25, 0.3) is 0 Å². The summed E-state index contributed by atoms with van der Waals surface area (Å²) in [6.45, 7) is 11.3. The van der Waals surface area contributed by atoms with Crippen LogP contribution in [0.3, 0.4) is 0 Å². The molecule has 0 aliphatic carbocycles. The predicted octanol–water partition coefficient (Wildman–Crippen LogP) is 1.62. The molecule has 0 heterocycles. The van der Waals surface area contributed by atoms with Gasteiger partial charge in [-0.2, -0.15) is 0 Å². The molecule has 0 aromatic carbocycles. The molecular weight excluding hydrogens is 1760 g/mol. The third-order valence-corrected chi connectivity index (χ3v) is 1.89. The first kappa shape index (κ1) is 49.5. The zero-order chi connectivity index (χ0) is 9.98. The molecule has 0 aliphatic rings. The molecule has 18 heavy (non-hydrogen) atoms. The summed E-state index contributed by atoms with van der Waals surface area (Å²) in [7, 11) is 0. The minimum absolute atomic E-state index is 0. The number of allylic oxidation sites excluding steroid dienone is 1. The van der Waals surface area contributed by atoms with Crippen LogP contribution in [0.1, 0.15) is 13.8 Å². The van der Waals surface area contributed by atoms with Gasteiger partial charge in [0.15, 0.2) is 0 Å². The van der Waals surface area contributed by atoms with Crippen LogP contribution in [-0.2, 0) is 178 Å². The van der Waals surface area contributed by atoms with E-state index >= 15 is 0 Å². The Bertz CT molecular complexity index is 199.